The highest BCUT2D eigenvalue weighted by molar-refractivity contribution is 7.91. The van der Waals surface area contributed by atoms with Crippen LogP contribution in [0.25, 0.3) is 5.78 Å². The molecule has 4 rings (SSSR count). The van der Waals surface area contributed by atoms with Crippen molar-refractivity contribution in [3.05, 3.63) is 47.4 Å². The van der Waals surface area contributed by atoms with E-state index in [1.165, 1.54) is 25.4 Å². The smallest absolute Gasteiger partial charge is 0.254 e. The molecule has 1 saturated carbocycles. The van der Waals surface area contributed by atoms with Gasteiger partial charge in [-0.05, 0) is 37.5 Å². The molecule has 1 aromatic carbocycles. The Bertz CT molecular complexity index is 1070. The number of benzene rings is 1. The van der Waals surface area contributed by atoms with Crippen molar-refractivity contribution in [3.8, 4) is 0 Å². The van der Waals surface area contributed by atoms with E-state index in [0.717, 1.165) is 22.6 Å². The van der Waals surface area contributed by atoms with Crippen LogP contribution in [0, 0.1) is 11.7 Å². The van der Waals surface area contributed by atoms with Crippen LogP contribution in [-0.2, 0) is 16.1 Å². The summed E-state index contributed by atoms with van der Waals surface area (Å²) in [4.78, 5) is 11.7. The number of rotatable bonds is 5. The lowest BCUT2D eigenvalue weighted by Crippen LogP contribution is -2.25. The van der Waals surface area contributed by atoms with Gasteiger partial charge in [0.15, 0.2) is 0 Å². The van der Waals surface area contributed by atoms with Gasteiger partial charge in [-0.3, -0.25) is 0 Å². The van der Waals surface area contributed by atoms with Crippen molar-refractivity contribution in [2.75, 3.05) is 18.2 Å². The quantitative estimate of drug-likeness (QED) is 0.746. The number of nitrogens with one attached hydrogen (secondary N) is 1. The van der Waals surface area contributed by atoms with Crippen LogP contribution in [0.3, 0.4) is 0 Å². The molecule has 1 fully saturated rings. The van der Waals surface area contributed by atoms with E-state index >= 15 is 0 Å². The average molecular weight is 370 g/mol. The number of nitrogens with zero attached hydrogens (tertiary/aromatic N) is 5. The molecule has 1 unspecified atom stereocenters. The monoisotopic (exact) mass is 370 g/mol. The third-order valence-corrected chi connectivity index (χ3v) is 6.06. The van der Waals surface area contributed by atoms with E-state index in [4.69, 9.17) is 4.78 Å². The summed E-state index contributed by atoms with van der Waals surface area (Å²) in [7, 11) is -0.586. The molecule has 0 spiro atoms. The highest BCUT2D eigenvalue weighted by Crippen LogP contribution is 2.34. The Morgan fingerprint density at radius 3 is 2.62 bits per heavy atom. The molecule has 1 aliphatic carbocycles. The molecular formula is C18H22N6OS. The first-order chi connectivity index (χ1) is 12.3. The Morgan fingerprint density at radius 2 is 2.00 bits per heavy atom. The summed E-state index contributed by atoms with van der Waals surface area (Å²) in [5.74, 6) is 1.65. The van der Waals surface area contributed by atoms with Crippen molar-refractivity contribution in [2.24, 2.45) is 0 Å². The number of aromatic nitrogens is 4. The first-order valence-corrected chi connectivity index (χ1v) is 10.6. The Hall–Kier alpha value is -2.48. The van der Waals surface area contributed by atoms with Gasteiger partial charge in [-0.1, -0.05) is 12.1 Å². The van der Waals surface area contributed by atoms with Crippen molar-refractivity contribution in [2.45, 2.75) is 37.1 Å². The molecule has 0 radical (unpaired) electrons. The average Bonchev–Trinajstić information content (AvgIpc) is 3.34. The minimum absolute atomic E-state index is 0.540. The maximum Gasteiger partial charge on any atom is 0.254 e. The predicted octanol–water partition coefficient (Wildman–Crippen LogP) is 2.66. The van der Waals surface area contributed by atoms with E-state index in [1.54, 1.807) is 12.1 Å². The summed E-state index contributed by atoms with van der Waals surface area (Å²) >= 11 is 0. The fourth-order valence-corrected chi connectivity index (χ4v) is 3.90. The zero-order valence-electron chi connectivity index (χ0n) is 15.1. The zero-order valence-corrected chi connectivity index (χ0v) is 16.0. The molecule has 8 heteroatoms. The molecule has 1 atom stereocenters. The molecular weight excluding hydrogens is 348 g/mol. The first-order valence-electron chi connectivity index (χ1n) is 8.59. The van der Waals surface area contributed by atoms with Crippen LogP contribution < -0.4 is 4.90 Å². The van der Waals surface area contributed by atoms with Crippen LogP contribution >= 0.6 is 0 Å². The molecule has 26 heavy (non-hydrogen) atoms. The van der Waals surface area contributed by atoms with Crippen molar-refractivity contribution in [3.63, 3.8) is 0 Å². The van der Waals surface area contributed by atoms with Crippen LogP contribution in [-0.4, -0.2) is 43.1 Å². The summed E-state index contributed by atoms with van der Waals surface area (Å²) in [6.45, 7) is 2.01. The number of anilines is 1. The minimum atomic E-state index is -2.69. The van der Waals surface area contributed by atoms with E-state index < -0.39 is 9.73 Å². The Balaban J connectivity index is 1.78. The molecule has 0 bridgehead atoms. The zero-order chi connectivity index (χ0) is 18.5. The number of hydrogen-bond acceptors (Lipinski definition) is 6. The van der Waals surface area contributed by atoms with Gasteiger partial charge in [0.2, 0.25) is 0 Å². The SMILES string of the molecule is Cc1nc2ncnn2c(N(C)C2CC2)c1Cc1ccc(S(C)(=N)=O)cc1. The lowest BCUT2D eigenvalue weighted by molar-refractivity contribution is 0.679. The highest BCUT2D eigenvalue weighted by Gasteiger charge is 2.30. The largest absolute Gasteiger partial charge is 0.356 e. The van der Waals surface area contributed by atoms with Crippen LogP contribution in [0.2, 0.25) is 0 Å². The summed E-state index contributed by atoms with van der Waals surface area (Å²) in [6, 6.07) is 7.99. The minimum Gasteiger partial charge on any atom is -0.356 e. The van der Waals surface area contributed by atoms with Gasteiger partial charge in [0.25, 0.3) is 5.78 Å². The van der Waals surface area contributed by atoms with Gasteiger partial charge in [-0.25, -0.2) is 14.0 Å². The molecule has 3 aromatic rings. The number of aryl methyl sites for hydroxylation is 1. The standard InChI is InChI=1S/C18H22N6OS/c1-12-16(10-13-4-8-15(9-5-13)26(3,19)25)17(23(2)14-6-7-14)24-18(22-12)20-11-21-24/h4-5,8-9,11,14,19H,6-7,10H2,1-3H3. The van der Waals surface area contributed by atoms with Crippen LogP contribution in [0.4, 0.5) is 5.82 Å². The number of hydrogen-bond donors (Lipinski definition) is 1. The molecule has 136 valence electrons. The third kappa shape index (κ3) is 3.05. The molecule has 0 amide bonds. The van der Waals surface area contributed by atoms with E-state index in [1.807, 2.05) is 23.6 Å². The second kappa shape index (κ2) is 6.05. The Kier molecular flexibility index (Phi) is 3.95. The van der Waals surface area contributed by atoms with Gasteiger partial charge in [0, 0.05) is 41.9 Å². The lowest BCUT2D eigenvalue weighted by Gasteiger charge is -2.23. The van der Waals surface area contributed by atoms with Crippen LogP contribution in [0.5, 0.6) is 0 Å². The van der Waals surface area contributed by atoms with E-state index in [-0.39, 0.29) is 0 Å². The summed E-state index contributed by atoms with van der Waals surface area (Å²) in [6.07, 6.45) is 6.06. The summed E-state index contributed by atoms with van der Waals surface area (Å²) in [5.41, 5.74) is 3.15. The Morgan fingerprint density at radius 1 is 1.31 bits per heavy atom. The molecule has 0 saturated heterocycles. The van der Waals surface area contributed by atoms with Crippen molar-refractivity contribution in [1.82, 2.24) is 19.6 Å². The maximum absolute atomic E-state index is 11.9. The van der Waals surface area contributed by atoms with Crippen molar-refractivity contribution < 1.29 is 4.21 Å². The van der Waals surface area contributed by atoms with Crippen LogP contribution in [0.15, 0.2) is 35.5 Å². The normalized spacial score (nSPS) is 16.6. The van der Waals surface area contributed by atoms with Gasteiger partial charge in [0.05, 0.1) is 9.73 Å². The maximum atomic E-state index is 11.9. The fourth-order valence-electron chi connectivity index (χ4n) is 3.24. The summed E-state index contributed by atoms with van der Waals surface area (Å²) < 4.78 is 21.4. The van der Waals surface area contributed by atoms with E-state index in [9.17, 15) is 4.21 Å². The molecule has 2 heterocycles. The predicted molar refractivity (Wildman–Crippen MR) is 101 cm³/mol. The second-order valence-corrected chi connectivity index (χ2v) is 9.14. The molecule has 0 aliphatic heterocycles. The van der Waals surface area contributed by atoms with Gasteiger partial charge >= 0.3 is 0 Å². The van der Waals surface area contributed by atoms with Gasteiger partial charge < -0.3 is 4.90 Å². The molecule has 1 N–H and O–H groups in total. The van der Waals surface area contributed by atoms with Gasteiger partial charge in [-0.15, -0.1) is 0 Å². The molecule has 1 aliphatic rings. The first kappa shape index (κ1) is 17.0. The second-order valence-electron chi connectivity index (χ2n) is 6.98. The van der Waals surface area contributed by atoms with Gasteiger partial charge in [0.1, 0.15) is 12.1 Å². The van der Waals surface area contributed by atoms with Crippen molar-refractivity contribution in [1.29, 1.82) is 4.78 Å². The Labute approximate surface area is 153 Å². The third-order valence-electron chi connectivity index (χ3n) is 4.89. The van der Waals surface area contributed by atoms with Gasteiger partial charge in [-0.2, -0.15) is 14.6 Å². The fraction of sp³-hybridized carbons (Fsp3) is 0.389. The molecule has 7 nitrogen and oxygen atoms in total. The molecule has 2 aromatic heterocycles. The van der Waals surface area contributed by atoms with Crippen molar-refractivity contribution >= 4 is 21.3 Å². The topological polar surface area (TPSA) is 87.2 Å². The summed E-state index contributed by atoms with van der Waals surface area (Å²) in [5, 5.41) is 4.38. The lowest BCUT2D eigenvalue weighted by atomic mass is 10.0. The highest BCUT2D eigenvalue weighted by atomic mass is 32.2. The van der Waals surface area contributed by atoms with E-state index in [0.29, 0.717) is 23.1 Å². The number of fused-ring (bicyclic) bond motifs is 1. The van der Waals surface area contributed by atoms with Crippen LogP contribution in [0.1, 0.15) is 29.7 Å². The van der Waals surface area contributed by atoms with E-state index in [2.05, 4.69) is 27.0 Å².